The lowest BCUT2D eigenvalue weighted by Crippen LogP contribution is -2.35. The van der Waals surface area contributed by atoms with Crippen molar-refractivity contribution in [2.24, 2.45) is 22.7 Å². The molecule has 1 aliphatic carbocycles. The molecule has 0 aromatic heterocycles. The van der Waals surface area contributed by atoms with Gasteiger partial charge in [-0.15, -0.1) is 0 Å². The van der Waals surface area contributed by atoms with Crippen molar-refractivity contribution in [2.45, 2.75) is 33.1 Å². The van der Waals surface area contributed by atoms with Gasteiger partial charge < -0.3 is 15.8 Å². The van der Waals surface area contributed by atoms with Crippen LogP contribution in [0.3, 0.4) is 0 Å². The number of amidine groups is 1. The van der Waals surface area contributed by atoms with Crippen LogP contribution in [0.15, 0.2) is 5.16 Å². The standard InChI is InChI=1S/C11H23N3O/c1-3-14(7-6-10-4-5-10)8-9(2)11(12)13-15/h9-10,15H,3-8H2,1-2H3,(H2,12,13). The van der Waals surface area contributed by atoms with E-state index in [0.717, 1.165) is 25.6 Å². The largest absolute Gasteiger partial charge is 0.409 e. The summed E-state index contributed by atoms with van der Waals surface area (Å²) in [6.45, 7) is 7.22. The SMILES string of the molecule is CCN(CCC1CC1)CC(C)C(N)=NO. The molecule has 88 valence electrons. The van der Waals surface area contributed by atoms with E-state index in [1.54, 1.807) is 0 Å². The van der Waals surface area contributed by atoms with E-state index in [0.29, 0.717) is 5.84 Å². The van der Waals surface area contributed by atoms with E-state index in [2.05, 4.69) is 17.0 Å². The highest BCUT2D eigenvalue weighted by Crippen LogP contribution is 2.32. The van der Waals surface area contributed by atoms with Crippen molar-refractivity contribution in [2.75, 3.05) is 19.6 Å². The second-order valence-electron chi connectivity index (χ2n) is 4.55. The first kappa shape index (κ1) is 12.3. The molecule has 1 rings (SSSR count). The van der Waals surface area contributed by atoms with Gasteiger partial charge in [0.2, 0.25) is 0 Å². The summed E-state index contributed by atoms with van der Waals surface area (Å²) in [6.07, 6.45) is 4.12. The van der Waals surface area contributed by atoms with Crippen LogP contribution in [0, 0.1) is 11.8 Å². The minimum Gasteiger partial charge on any atom is -0.409 e. The van der Waals surface area contributed by atoms with Crippen LogP contribution in [0.5, 0.6) is 0 Å². The summed E-state index contributed by atoms with van der Waals surface area (Å²) < 4.78 is 0. The van der Waals surface area contributed by atoms with Crippen molar-refractivity contribution < 1.29 is 5.21 Å². The number of nitrogens with two attached hydrogens (primary N) is 1. The van der Waals surface area contributed by atoms with Crippen molar-refractivity contribution in [1.82, 2.24) is 4.90 Å². The first-order valence-corrected chi connectivity index (χ1v) is 5.87. The second-order valence-corrected chi connectivity index (χ2v) is 4.55. The molecule has 0 amide bonds. The average molecular weight is 213 g/mol. The fourth-order valence-corrected chi connectivity index (χ4v) is 1.73. The van der Waals surface area contributed by atoms with E-state index < -0.39 is 0 Å². The average Bonchev–Trinajstić information content (AvgIpc) is 3.06. The molecular formula is C11H23N3O. The van der Waals surface area contributed by atoms with Gasteiger partial charge in [0.15, 0.2) is 0 Å². The molecule has 15 heavy (non-hydrogen) atoms. The van der Waals surface area contributed by atoms with Crippen LogP contribution in [0.2, 0.25) is 0 Å². The number of hydrogen-bond acceptors (Lipinski definition) is 3. The Morgan fingerprint density at radius 2 is 2.27 bits per heavy atom. The normalized spacial score (nSPS) is 19.5. The maximum absolute atomic E-state index is 8.56. The monoisotopic (exact) mass is 213 g/mol. The van der Waals surface area contributed by atoms with E-state index in [1.807, 2.05) is 6.92 Å². The fraction of sp³-hybridized carbons (Fsp3) is 0.909. The molecule has 0 radical (unpaired) electrons. The van der Waals surface area contributed by atoms with Crippen LogP contribution in [0.1, 0.15) is 33.1 Å². The Kier molecular flexibility index (Phi) is 4.88. The zero-order chi connectivity index (χ0) is 11.3. The van der Waals surface area contributed by atoms with Crippen LogP contribution < -0.4 is 5.73 Å². The minimum atomic E-state index is 0.133. The topological polar surface area (TPSA) is 61.8 Å². The van der Waals surface area contributed by atoms with Gasteiger partial charge in [-0.05, 0) is 25.4 Å². The van der Waals surface area contributed by atoms with Crippen LogP contribution in [-0.4, -0.2) is 35.6 Å². The Morgan fingerprint density at radius 3 is 2.73 bits per heavy atom. The van der Waals surface area contributed by atoms with Gasteiger partial charge in [-0.3, -0.25) is 0 Å². The second kappa shape index (κ2) is 5.95. The molecule has 4 nitrogen and oxygen atoms in total. The maximum atomic E-state index is 8.56. The summed E-state index contributed by atoms with van der Waals surface area (Å²) in [5, 5.41) is 11.6. The maximum Gasteiger partial charge on any atom is 0.143 e. The predicted molar refractivity (Wildman–Crippen MR) is 62.0 cm³/mol. The highest BCUT2D eigenvalue weighted by atomic mass is 16.4. The van der Waals surface area contributed by atoms with Gasteiger partial charge in [0.05, 0.1) is 0 Å². The van der Waals surface area contributed by atoms with Crippen molar-refractivity contribution in [3.8, 4) is 0 Å². The zero-order valence-corrected chi connectivity index (χ0v) is 9.82. The molecule has 1 atom stereocenters. The third-order valence-corrected chi connectivity index (χ3v) is 3.15. The highest BCUT2D eigenvalue weighted by molar-refractivity contribution is 5.82. The van der Waals surface area contributed by atoms with Gasteiger partial charge in [-0.25, -0.2) is 0 Å². The molecule has 0 spiro atoms. The smallest absolute Gasteiger partial charge is 0.143 e. The molecule has 0 bridgehead atoms. The van der Waals surface area contributed by atoms with Crippen LogP contribution in [-0.2, 0) is 0 Å². The van der Waals surface area contributed by atoms with Crippen LogP contribution in [0.25, 0.3) is 0 Å². The Morgan fingerprint density at radius 1 is 1.60 bits per heavy atom. The van der Waals surface area contributed by atoms with E-state index >= 15 is 0 Å². The molecule has 0 heterocycles. The summed E-state index contributed by atoms with van der Waals surface area (Å²) in [6, 6.07) is 0. The van der Waals surface area contributed by atoms with Crippen molar-refractivity contribution in [3.63, 3.8) is 0 Å². The zero-order valence-electron chi connectivity index (χ0n) is 9.82. The summed E-state index contributed by atoms with van der Waals surface area (Å²) in [7, 11) is 0. The van der Waals surface area contributed by atoms with E-state index in [9.17, 15) is 0 Å². The molecule has 1 aliphatic rings. The lowest BCUT2D eigenvalue weighted by atomic mass is 10.1. The van der Waals surface area contributed by atoms with Gasteiger partial charge in [-0.2, -0.15) is 0 Å². The third kappa shape index (κ3) is 4.51. The fourth-order valence-electron chi connectivity index (χ4n) is 1.73. The summed E-state index contributed by atoms with van der Waals surface area (Å²) >= 11 is 0. The lowest BCUT2D eigenvalue weighted by molar-refractivity contribution is 0.258. The highest BCUT2D eigenvalue weighted by Gasteiger charge is 2.22. The minimum absolute atomic E-state index is 0.133. The number of nitrogens with zero attached hydrogens (tertiary/aromatic N) is 2. The van der Waals surface area contributed by atoms with E-state index in [-0.39, 0.29) is 5.92 Å². The molecule has 4 heteroatoms. The number of hydrogen-bond donors (Lipinski definition) is 2. The Labute approximate surface area is 92.1 Å². The summed E-state index contributed by atoms with van der Waals surface area (Å²) in [5.41, 5.74) is 5.56. The van der Waals surface area contributed by atoms with Crippen LogP contribution in [0.4, 0.5) is 0 Å². The van der Waals surface area contributed by atoms with Crippen LogP contribution >= 0.6 is 0 Å². The van der Waals surface area contributed by atoms with Gasteiger partial charge in [0.25, 0.3) is 0 Å². The Balaban J connectivity index is 2.24. The molecule has 0 aromatic carbocycles. The van der Waals surface area contributed by atoms with Gasteiger partial charge in [-0.1, -0.05) is 31.8 Å². The lowest BCUT2D eigenvalue weighted by Gasteiger charge is -2.23. The van der Waals surface area contributed by atoms with E-state index in [4.69, 9.17) is 10.9 Å². The molecule has 0 aromatic rings. The van der Waals surface area contributed by atoms with Gasteiger partial charge in [0.1, 0.15) is 5.84 Å². The number of rotatable bonds is 7. The molecule has 0 saturated heterocycles. The first-order chi connectivity index (χ1) is 7.17. The molecule has 3 N–H and O–H groups in total. The first-order valence-electron chi connectivity index (χ1n) is 5.87. The molecular weight excluding hydrogens is 190 g/mol. The van der Waals surface area contributed by atoms with Crippen molar-refractivity contribution >= 4 is 5.84 Å². The molecule has 1 saturated carbocycles. The van der Waals surface area contributed by atoms with Crippen molar-refractivity contribution in [3.05, 3.63) is 0 Å². The summed E-state index contributed by atoms with van der Waals surface area (Å²) in [5.74, 6) is 1.44. The molecule has 1 unspecified atom stereocenters. The summed E-state index contributed by atoms with van der Waals surface area (Å²) in [4.78, 5) is 2.38. The number of oxime groups is 1. The van der Waals surface area contributed by atoms with E-state index in [1.165, 1.54) is 19.3 Å². The van der Waals surface area contributed by atoms with Gasteiger partial charge in [0, 0.05) is 12.5 Å². The third-order valence-electron chi connectivity index (χ3n) is 3.15. The molecule has 1 fully saturated rings. The van der Waals surface area contributed by atoms with Gasteiger partial charge >= 0.3 is 0 Å². The quantitative estimate of drug-likeness (QED) is 0.291. The van der Waals surface area contributed by atoms with Crippen molar-refractivity contribution in [1.29, 1.82) is 0 Å². The predicted octanol–water partition coefficient (Wildman–Crippen LogP) is 1.49. The Bertz CT molecular complexity index is 214. The Hall–Kier alpha value is -0.770. The molecule has 0 aliphatic heterocycles.